The Morgan fingerprint density at radius 3 is 2.77 bits per heavy atom. The molecule has 3 heterocycles. The molecule has 3 aliphatic heterocycles. The average Bonchev–Trinajstić information content (AvgIpc) is 3.13. The van der Waals surface area contributed by atoms with Crippen LogP contribution in [0.5, 0.6) is 0 Å². The average molecular weight is 449 g/mol. The van der Waals surface area contributed by atoms with Gasteiger partial charge in [0.15, 0.2) is 9.84 Å². The van der Waals surface area contributed by atoms with Crippen LogP contribution in [0.4, 0.5) is 0 Å². The van der Waals surface area contributed by atoms with Gasteiger partial charge in [0, 0.05) is 39.0 Å². The highest BCUT2D eigenvalue weighted by molar-refractivity contribution is 7.91. The first-order chi connectivity index (χ1) is 14.9. The summed E-state index contributed by atoms with van der Waals surface area (Å²) in [5.41, 5.74) is 1.50. The van der Waals surface area contributed by atoms with Crippen LogP contribution in [-0.2, 0) is 30.7 Å². The van der Waals surface area contributed by atoms with E-state index in [0.717, 1.165) is 13.1 Å². The van der Waals surface area contributed by atoms with E-state index < -0.39 is 15.9 Å². The van der Waals surface area contributed by atoms with Crippen molar-refractivity contribution in [1.29, 1.82) is 0 Å². The predicted octanol–water partition coefficient (Wildman–Crippen LogP) is 0.169. The summed E-state index contributed by atoms with van der Waals surface area (Å²) in [5.74, 6) is -0.602. The van der Waals surface area contributed by atoms with Crippen LogP contribution in [0.15, 0.2) is 35.4 Å². The topological polar surface area (TPSA) is 108 Å². The summed E-state index contributed by atoms with van der Waals surface area (Å²) in [5, 5.41) is 8.30. The summed E-state index contributed by atoms with van der Waals surface area (Å²) < 4.78 is 29.3. The van der Waals surface area contributed by atoms with E-state index >= 15 is 0 Å². The summed E-state index contributed by atoms with van der Waals surface area (Å²) >= 11 is 0. The maximum Gasteiger partial charge on any atom is 0.267 e. The fourth-order valence-electron chi connectivity index (χ4n) is 4.19. The minimum absolute atomic E-state index is 0.0526. The molecule has 2 unspecified atom stereocenters. The predicted molar refractivity (Wildman–Crippen MR) is 115 cm³/mol. The summed E-state index contributed by atoms with van der Waals surface area (Å²) in [7, 11) is -3.14. The summed E-state index contributed by atoms with van der Waals surface area (Å²) in [4.78, 5) is 27.2. The van der Waals surface area contributed by atoms with Gasteiger partial charge >= 0.3 is 0 Å². The molecule has 168 valence electrons. The van der Waals surface area contributed by atoms with Gasteiger partial charge in [-0.25, -0.2) is 13.4 Å². The fourth-order valence-corrected chi connectivity index (χ4v) is 5.88. The van der Waals surface area contributed by atoms with Gasteiger partial charge in [0.1, 0.15) is 5.71 Å². The lowest BCUT2D eigenvalue weighted by Crippen LogP contribution is -2.49. The fraction of sp³-hybridized carbons (Fsp3) is 0.571. The Morgan fingerprint density at radius 2 is 2.03 bits per heavy atom. The van der Waals surface area contributed by atoms with Crippen LogP contribution in [-0.4, -0.2) is 85.7 Å². The van der Waals surface area contributed by atoms with Crippen molar-refractivity contribution in [2.45, 2.75) is 38.0 Å². The van der Waals surface area contributed by atoms with Gasteiger partial charge in [-0.15, -0.1) is 0 Å². The van der Waals surface area contributed by atoms with Gasteiger partial charge in [-0.05, 0) is 12.0 Å². The molecule has 0 aromatic heterocycles. The molecule has 0 spiro atoms. The Morgan fingerprint density at radius 1 is 1.23 bits per heavy atom. The second-order valence-corrected chi connectivity index (χ2v) is 10.5. The van der Waals surface area contributed by atoms with Crippen molar-refractivity contribution in [3.63, 3.8) is 0 Å². The zero-order chi connectivity index (χ0) is 21.8. The van der Waals surface area contributed by atoms with E-state index in [2.05, 4.69) is 27.5 Å². The van der Waals surface area contributed by atoms with Crippen LogP contribution >= 0.6 is 0 Å². The zero-order valence-corrected chi connectivity index (χ0v) is 18.2. The number of amides is 2. The minimum Gasteiger partial charge on any atom is -0.374 e. The molecule has 1 N–H and O–H groups in total. The molecule has 1 aromatic rings. The molecule has 0 bridgehead atoms. The molecular formula is C21H28N4O5S. The highest BCUT2D eigenvalue weighted by Gasteiger charge is 2.37. The molecule has 2 fully saturated rings. The molecule has 2 atom stereocenters. The van der Waals surface area contributed by atoms with Gasteiger partial charge in [-0.1, -0.05) is 30.3 Å². The minimum atomic E-state index is -3.14. The third kappa shape index (κ3) is 5.69. The van der Waals surface area contributed by atoms with E-state index in [1.165, 1.54) is 10.6 Å². The van der Waals surface area contributed by atoms with Crippen molar-refractivity contribution in [2.75, 3.05) is 37.7 Å². The first-order valence-corrected chi connectivity index (χ1v) is 12.5. The number of morpholine rings is 1. The molecule has 9 nitrogen and oxygen atoms in total. The van der Waals surface area contributed by atoms with Gasteiger partial charge in [-0.2, -0.15) is 5.10 Å². The highest BCUT2D eigenvalue weighted by Crippen LogP contribution is 2.22. The lowest BCUT2D eigenvalue weighted by atomic mass is 10.1. The van der Waals surface area contributed by atoms with Gasteiger partial charge in [0.05, 0.1) is 30.3 Å². The number of hydrogen-bond acceptors (Lipinski definition) is 7. The van der Waals surface area contributed by atoms with E-state index in [0.29, 0.717) is 26.1 Å². The molecule has 0 saturated carbocycles. The van der Waals surface area contributed by atoms with Crippen LogP contribution in [0.3, 0.4) is 0 Å². The lowest BCUT2D eigenvalue weighted by molar-refractivity contribution is -0.133. The lowest BCUT2D eigenvalue weighted by Gasteiger charge is -2.33. The molecule has 4 rings (SSSR count). The molecule has 0 radical (unpaired) electrons. The number of hydrazone groups is 1. The van der Waals surface area contributed by atoms with Gasteiger partial charge < -0.3 is 10.1 Å². The second kappa shape index (κ2) is 9.46. The van der Waals surface area contributed by atoms with E-state index in [9.17, 15) is 18.0 Å². The Balaban J connectivity index is 1.30. The normalized spacial score (nSPS) is 26.5. The Hall–Kier alpha value is -2.30. The van der Waals surface area contributed by atoms with Gasteiger partial charge in [0.25, 0.3) is 5.91 Å². The second-order valence-electron chi connectivity index (χ2n) is 8.27. The first kappa shape index (κ1) is 21.9. The SMILES string of the molecule is O=C(NCC1CN(Cc2ccccc2)CCO1)C1=NN(C2CCS(=O)(=O)C2)C(=O)CC1. The van der Waals surface area contributed by atoms with E-state index in [-0.39, 0.29) is 48.0 Å². The van der Waals surface area contributed by atoms with Crippen LogP contribution in [0.1, 0.15) is 24.8 Å². The molecular weight excluding hydrogens is 420 g/mol. The van der Waals surface area contributed by atoms with Crippen LogP contribution in [0.25, 0.3) is 0 Å². The van der Waals surface area contributed by atoms with Crippen molar-refractivity contribution in [1.82, 2.24) is 15.2 Å². The Bertz CT molecular complexity index is 950. The van der Waals surface area contributed by atoms with Crippen molar-refractivity contribution in [2.24, 2.45) is 5.10 Å². The standard InChI is InChI=1S/C21H28N4O5S/c26-20-7-6-19(23-25(20)17-8-11-31(28,29)15-17)21(27)22-12-18-14-24(9-10-30-18)13-16-4-2-1-3-5-16/h1-5,17-18H,6-15H2,(H,22,27). The van der Waals surface area contributed by atoms with Crippen LogP contribution in [0, 0.1) is 0 Å². The molecule has 1 aromatic carbocycles. The van der Waals surface area contributed by atoms with Crippen molar-refractivity contribution >= 4 is 27.4 Å². The summed E-state index contributed by atoms with van der Waals surface area (Å²) in [6.45, 7) is 3.35. The van der Waals surface area contributed by atoms with E-state index in [1.54, 1.807) is 0 Å². The number of hydrogen-bond donors (Lipinski definition) is 1. The largest absolute Gasteiger partial charge is 0.374 e. The third-order valence-electron chi connectivity index (χ3n) is 5.84. The molecule has 2 saturated heterocycles. The maximum absolute atomic E-state index is 12.6. The number of benzene rings is 1. The molecule has 3 aliphatic rings. The third-order valence-corrected chi connectivity index (χ3v) is 7.59. The zero-order valence-electron chi connectivity index (χ0n) is 17.4. The van der Waals surface area contributed by atoms with Gasteiger partial charge in [0.2, 0.25) is 5.91 Å². The van der Waals surface area contributed by atoms with E-state index in [1.807, 2.05) is 18.2 Å². The number of carbonyl (C=O) groups is 2. The smallest absolute Gasteiger partial charge is 0.267 e. The van der Waals surface area contributed by atoms with Crippen LogP contribution < -0.4 is 5.32 Å². The first-order valence-electron chi connectivity index (χ1n) is 10.7. The Kier molecular flexibility index (Phi) is 6.68. The van der Waals surface area contributed by atoms with Crippen molar-refractivity contribution in [3.05, 3.63) is 35.9 Å². The van der Waals surface area contributed by atoms with E-state index in [4.69, 9.17) is 4.74 Å². The molecule has 31 heavy (non-hydrogen) atoms. The van der Waals surface area contributed by atoms with Crippen LogP contribution in [0.2, 0.25) is 0 Å². The quantitative estimate of drug-likeness (QED) is 0.665. The molecule has 10 heteroatoms. The van der Waals surface area contributed by atoms with Crippen molar-refractivity contribution < 1.29 is 22.7 Å². The Labute approximate surface area is 182 Å². The van der Waals surface area contributed by atoms with Crippen molar-refractivity contribution in [3.8, 4) is 0 Å². The monoisotopic (exact) mass is 448 g/mol. The number of ether oxygens (including phenoxy) is 1. The molecule has 2 amide bonds. The number of carbonyl (C=O) groups excluding carboxylic acids is 2. The summed E-state index contributed by atoms with van der Waals surface area (Å²) in [6.07, 6.45) is 0.655. The number of rotatable bonds is 6. The number of nitrogens with zero attached hydrogens (tertiary/aromatic N) is 3. The highest BCUT2D eigenvalue weighted by atomic mass is 32.2. The maximum atomic E-state index is 12.6. The number of sulfone groups is 1. The summed E-state index contributed by atoms with van der Waals surface area (Å²) in [6, 6.07) is 9.75. The number of nitrogens with one attached hydrogen (secondary N) is 1. The van der Waals surface area contributed by atoms with Gasteiger partial charge in [-0.3, -0.25) is 14.5 Å². The molecule has 0 aliphatic carbocycles.